The van der Waals surface area contributed by atoms with Crippen LogP contribution in [-0.4, -0.2) is 0 Å². The van der Waals surface area contributed by atoms with Crippen LogP contribution < -0.4 is 4.90 Å². The van der Waals surface area contributed by atoms with Gasteiger partial charge in [0.2, 0.25) is 0 Å². The third-order valence-corrected chi connectivity index (χ3v) is 13.1. The molecule has 0 saturated carbocycles. The van der Waals surface area contributed by atoms with Crippen molar-refractivity contribution < 1.29 is 4.42 Å². The molecule has 0 unspecified atom stereocenters. The molecule has 0 atom stereocenters. The minimum absolute atomic E-state index is 0.0558. The summed E-state index contributed by atoms with van der Waals surface area (Å²) >= 11 is 0. The lowest BCUT2D eigenvalue weighted by Gasteiger charge is -2.28. The fraction of sp³-hybridized carbons (Fsp3) is 0.0508. The molecule has 0 saturated heterocycles. The van der Waals surface area contributed by atoms with E-state index in [9.17, 15) is 0 Å². The van der Waals surface area contributed by atoms with Crippen molar-refractivity contribution >= 4 is 60.5 Å². The standard InChI is InChI=1S/C59H41NO/c1-59(2)53-21-8-5-17-52(53)58-47(19-12-22-54(58)59)40-27-33-43(34-28-40)60(55-23-9-6-15-46(55)41-30-36-51-50-16-7-10-24-56(50)61-57(51)37-41)42-31-25-39(26-32-42)45-18-11-20-48-44-14-4-3-13-38(44)29-35-49(45)48/h3-37H,1-2H3. The normalized spacial score (nSPS) is 12.9. The van der Waals surface area contributed by atoms with Crippen LogP contribution in [0.3, 0.4) is 0 Å². The van der Waals surface area contributed by atoms with Gasteiger partial charge in [0.15, 0.2) is 0 Å². The maximum absolute atomic E-state index is 6.40. The first-order valence-corrected chi connectivity index (χ1v) is 21.2. The fourth-order valence-corrected chi connectivity index (χ4v) is 10.1. The van der Waals surface area contributed by atoms with Gasteiger partial charge in [0.1, 0.15) is 11.2 Å². The van der Waals surface area contributed by atoms with E-state index in [-0.39, 0.29) is 5.41 Å². The van der Waals surface area contributed by atoms with E-state index in [0.29, 0.717) is 0 Å². The fourth-order valence-electron chi connectivity index (χ4n) is 10.1. The number of rotatable bonds is 6. The third kappa shape index (κ3) is 5.56. The Kier molecular flexibility index (Phi) is 7.92. The topological polar surface area (TPSA) is 16.4 Å². The maximum atomic E-state index is 6.40. The van der Waals surface area contributed by atoms with E-state index in [1.54, 1.807) is 0 Å². The average molecular weight is 780 g/mol. The number of nitrogens with zero attached hydrogens (tertiary/aromatic N) is 1. The summed E-state index contributed by atoms with van der Waals surface area (Å²) in [6.07, 6.45) is 0. The van der Waals surface area contributed by atoms with Crippen LogP contribution in [0.4, 0.5) is 17.1 Å². The summed E-state index contributed by atoms with van der Waals surface area (Å²) in [5, 5.41) is 7.32. The predicted molar refractivity (Wildman–Crippen MR) is 257 cm³/mol. The molecule has 0 spiro atoms. The lowest BCUT2D eigenvalue weighted by molar-refractivity contribution is 0.660. The highest BCUT2D eigenvalue weighted by Gasteiger charge is 2.36. The molecule has 0 bridgehead atoms. The van der Waals surface area contributed by atoms with Gasteiger partial charge in [-0.25, -0.2) is 0 Å². The smallest absolute Gasteiger partial charge is 0.136 e. The van der Waals surface area contributed by atoms with Crippen LogP contribution in [-0.2, 0) is 5.41 Å². The van der Waals surface area contributed by atoms with Crippen molar-refractivity contribution in [1.29, 1.82) is 0 Å². The molecule has 0 aliphatic heterocycles. The molecule has 0 amide bonds. The van der Waals surface area contributed by atoms with Gasteiger partial charge < -0.3 is 9.32 Å². The summed E-state index contributed by atoms with van der Waals surface area (Å²) in [7, 11) is 0. The lowest BCUT2D eigenvalue weighted by atomic mass is 9.82. The lowest BCUT2D eigenvalue weighted by Crippen LogP contribution is -2.14. The van der Waals surface area contributed by atoms with Crippen LogP contribution in [0.5, 0.6) is 0 Å². The van der Waals surface area contributed by atoms with Gasteiger partial charge in [0.25, 0.3) is 0 Å². The van der Waals surface area contributed by atoms with Gasteiger partial charge in [-0.2, -0.15) is 0 Å². The van der Waals surface area contributed by atoms with Gasteiger partial charge in [0.05, 0.1) is 5.69 Å². The summed E-state index contributed by atoms with van der Waals surface area (Å²) in [5.41, 5.74) is 17.5. The SMILES string of the molecule is CC1(C)c2ccccc2-c2c(-c3ccc(N(c4ccc(-c5cccc6c5ccc5ccccc56)cc4)c4ccccc4-c4ccc5c(c4)oc4ccccc45)cc3)cccc21. The quantitative estimate of drug-likeness (QED) is 0.156. The van der Waals surface area contributed by atoms with Crippen molar-refractivity contribution in [3.63, 3.8) is 0 Å². The minimum atomic E-state index is -0.0558. The highest BCUT2D eigenvalue weighted by atomic mass is 16.3. The van der Waals surface area contributed by atoms with E-state index in [1.165, 1.54) is 66.1 Å². The Morgan fingerprint density at radius 1 is 0.361 bits per heavy atom. The van der Waals surface area contributed by atoms with Crippen molar-refractivity contribution in [2.24, 2.45) is 0 Å². The molecule has 12 rings (SSSR count). The van der Waals surface area contributed by atoms with Crippen LogP contribution in [0.25, 0.3) is 88.0 Å². The molecule has 2 nitrogen and oxygen atoms in total. The largest absolute Gasteiger partial charge is 0.456 e. The second kappa shape index (κ2) is 13.7. The van der Waals surface area contributed by atoms with E-state index in [1.807, 2.05) is 12.1 Å². The predicted octanol–water partition coefficient (Wildman–Crippen LogP) is 16.7. The molecule has 0 radical (unpaired) electrons. The number of anilines is 3. The number of hydrogen-bond acceptors (Lipinski definition) is 2. The van der Waals surface area contributed by atoms with E-state index in [0.717, 1.165) is 50.1 Å². The van der Waals surface area contributed by atoms with Gasteiger partial charge >= 0.3 is 0 Å². The molecule has 1 aliphatic rings. The Balaban J connectivity index is 0.998. The number of benzene rings is 10. The molecule has 2 heteroatoms. The van der Waals surface area contributed by atoms with Gasteiger partial charge in [-0.15, -0.1) is 0 Å². The van der Waals surface area contributed by atoms with E-state index in [2.05, 4.69) is 219 Å². The van der Waals surface area contributed by atoms with Crippen molar-refractivity contribution in [1.82, 2.24) is 0 Å². The Morgan fingerprint density at radius 3 is 1.74 bits per heavy atom. The monoisotopic (exact) mass is 779 g/mol. The van der Waals surface area contributed by atoms with Crippen molar-refractivity contribution in [2.45, 2.75) is 19.3 Å². The van der Waals surface area contributed by atoms with Crippen LogP contribution in [0.1, 0.15) is 25.0 Å². The second-order valence-electron chi connectivity index (χ2n) is 16.8. The van der Waals surface area contributed by atoms with Crippen molar-refractivity contribution in [2.75, 3.05) is 4.90 Å². The molecular formula is C59H41NO. The second-order valence-corrected chi connectivity index (χ2v) is 16.8. The Hall–Kier alpha value is -7.68. The molecule has 10 aromatic carbocycles. The van der Waals surface area contributed by atoms with Gasteiger partial charge in [-0.1, -0.05) is 178 Å². The molecule has 1 heterocycles. The zero-order chi connectivity index (χ0) is 40.7. The molecule has 0 fully saturated rings. The maximum Gasteiger partial charge on any atom is 0.136 e. The molecule has 1 aromatic heterocycles. The zero-order valence-electron chi connectivity index (χ0n) is 34.1. The molecule has 61 heavy (non-hydrogen) atoms. The van der Waals surface area contributed by atoms with E-state index < -0.39 is 0 Å². The average Bonchev–Trinajstić information content (AvgIpc) is 3.81. The third-order valence-electron chi connectivity index (χ3n) is 13.1. The Morgan fingerprint density at radius 2 is 0.918 bits per heavy atom. The first-order chi connectivity index (χ1) is 30.0. The Bertz CT molecular complexity index is 3500. The Labute approximate surface area is 355 Å². The first-order valence-electron chi connectivity index (χ1n) is 21.2. The highest BCUT2D eigenvalue weighted by Crippen LogP contribution is 2.52. The highest BCUT2D eigenvalue weighted by molar-refractivity contribution is 6.12. The molecule has 1 aliphatic carbocycles. The number of hydrogen-bond donors (Lipinski definition) is 0. The summed E-state index contributed by atoms with van der Waals surface area (Å²) in [6, 6.07) is 77.4. The minimum Gasteiger partial charge on any atom is -0.456 e. The first kappa shape index (κ1) is 35.3. The summed E-state index contributed by atoms with van der Waals surface area (Å²) in [5.74, 6) is 0. The van der Waals surface area contributed by atoms with Crippen LogP contribution >= 0.6 is 0 Å². The summed E-state index contributed by atoms with van der Waals surface area (Å²) < 4.78 is 6.40. The van der Waals surface area contributed by atoms with E-state index in [4.69, 9.17) is 4.42 Å². The van der Waals surface area contributed by atoms with Crippen LogP contribution in [0, 0.1) is 0 Å². The molecule has 288 valence electrons. The van der Waals surface area contributed by atoms with Crippen molar-refractivity contribution in [3.8, 4) is 44.5 Å². The van der Waals surface area contributed by atoms with E-state index >= 15 is 0 Å². The number of para-hydroxylation sites is 2. The molecular weight excluding hydrogens is 739 g/mol. The number of furan rings is 1. The zero-order valence-corrected chi connectivity index (χ0v) is 34.1. The number of fused-ring (bicyclic) bond motifs is 9. The van der Waals surface area contributed by atoms with Crippen LogP contribution in [0.15, 0.2) is 217 Å². The summed E-state index contributed by atoms with van der Waals surface area (Å²) in [4.78, 5) is 2.40. The van der Waals surface area contributed by atoms with Gasteiger partial charge in [-0.3, -0.25) is 0 Å². The van der Waals surface area contributed by atoms with Gasteiger partial charge in [0, 0.05) is 33.1 Å². The van der Waals surface area contributed by atoms with Gasteiger partial charge in [-0.05, 0) is 120 Å². The summed E-state index contributed by atoms with van der Waals surface area (Å²) in [6.45, 7) is 4.69. The van der Waals surface area contributed by atoms with Crippen molar-refractivity contribution in [3.05, 3.63) is 223 Å². The molecule has 0 N–H and O–H groups in total. The van der Waals surface area contributed by atoms with Crippen LogP contribution in [0.2, 0.25) is 0 Å². The molecule has 11 aromatic rings.